The Bertz CT molecular complexity index is 1110. The maximum Gasteiger partial charge on any atom is 0.315 e. The summed E-state index contributed by atoms with van der Waals surface area (Å²) in [6.07, 6.45) is 0.321. The van der Waals surface area contributed by atoms with E-state index in [0.717, 1.165) is 28.4 Å². The molecule has 28 heavy (non-hydrogen) atoms. The zero-order chi connectivity index (χ0) is 20.1. The normalized spacial score (nSPS) is 20.3. The number of carbonyl (C=O) groups excluding carboxylic acids is 2. The van der Waals surface area contributed by atoms with E-state index in [9.17, 15) is 9.59 Å². The number of fused-ring (bicyclic) bond motifs is 3. The molecular formula is C21H20Cl2N2O3. The van der Waals surface area contributed by atoms with Crippen molar-refractivity contribution in [2.75, 3.05) is 11.9 Å². The standard InChI is InChI=1S/C21H20Cl2N2O3/c1-3-25-16-7-5-4-6-14(16)15-10-13(8-9-17(15)25)24-18(26)11-28-19(27)20(2)12-21(20,22)23/h4-10H,3,11-12H2,1-2H3,(H,24,26). The number of nitrogens with one attached hydrogen (secondary N) is 1. The molecule has 5 nitrogen and oxygen atoms in total. The molecule has 0 radical (unpaired) electrons. The van der Waals surface area contributed by atoms with E-state index in [0.29, 0.717) is 12.1 Å². The molecule has 2 aromatic carbocycles. The summed E-state index contributed by atoms with van der Waals surface area (Å²) in [7, 11) is 0. The van der Waals surface area contributed by atoms with Crippen molar-refractivity contribution in [1.29, 1.82) is 0 Å². The van der Waals surface area contributed by atoms with Crippen LogP contribution in [0, 0.1) is 5.41 Å². The van der Waals surface area contributed by atoms with Crippen molar-refractivity contribution in [2.45, 2.75) is 31.1 Å². The number of para-hydroxylation sites is 1. The number of anilines is 1. The Hall–Kier alpha value is -2.24. The van der Waals surface area contributed by atoms with Crippen LogP contribution in [0.4, 0.5) is 5.69 Å². The van der Waals surface area contributed by atoms with Crippen molar-refractivity contribution < 1.29 is 14.3 Å². The Morgan fingerprint density at radius 3 is 2.50 bits per heavy atom. The highest BCUT2D eigenvalue weighted by molar-refractivity contribution is 6.53. The van der Waals surface area contributed by atoms with Gasteiger partial charge in [0.2, 0.25) is 0 Å². The predicted octanol–water partition coefficient (Wildman–Crippen LogP) is 4.88. The average molecular weight is 419 g/mol. The van der Waals surface area contributed by atoms with E-state index in [-0.39, 0.29) is 6.61 Å². The van der Waals surface area contributed by atoms with Crippen molar-refractivity contribution in [3.05, 3.63) is 42.5 Å². The fourth-order valence-corrected chi connectivity index (χ4v) is 4.27. The summed E-state index contributed by atoms with van der Waals surface area (Å²) >= 11 is 11.9. The van der Waals surface area contributed by atoms with Crippen LogP contribution in [0.15, 0.2) is 42.5 Å². The van der Waals surface area contributed by atoms with Gasteiger partial charge in [-0.3, -0.25) is 9.59 Å². The highest BCUT2D eigenvalue weighted by Crippen LogP contribution is 2.64. The van der Waals surface area contributed by atoms with Crippen LogP contribution in [0.2, 0.25) is 0 Å². The van der Waals surface area contributed by atoms with Crippen molar-refractivity contribution in [1.82, 2.24) is 4.57 Å². The average Bonchev–Trinajstić information content (AvgIpc) is 3.05. The third kappa shape index (κ3) is 3.03. The minimum atomic E-state index is -1.11. The number of rotatable bonds is 5. The highest BCUT2D eigenvalue weighted by Gasteiger charge is 2.69. The van der Waals surface area contributed by atoms with Crippen LogP contribution in [0.5, 0.6) is 0 Å². The summed E-state index contributed by atoms with van der Waals surface area (Å²) in [5, 5.41) is 4.97. The quantitative estimate of drug-likeness (QED) is 0.474. The molecule has 1 aliphatic carbocycles. The lowest BCUT2D eigenvalue weighted by atomic mass is 10.1. The van der Waals surface area contributed by atoms with Gasteiger partial charge in [0.05, 0.1) is 0 Å². The zero-order valence-corrected chi connectivity index (χ0v) is 17.1. The van der Waals surface area contributed by atoms with Crippen molar-refractivity contribution in [3.8, 4) is 0 Å². The van der Waals surface area contributed by atoms with Crippen LogP contribution in [-0.4, -0.2) is 27.4 Å². The van der Waals surface area contributed by atoms with Gasteiger partial charge in [-0.1, -0.05) is 18.2 Å². The second-order valence-electron chi connectivity index (χ2n) is 7.33. The van der Waals surface area contributed by atoms with Gasteiger partial charge in [0.25, 0.3) is 5.91 Å². The number of aromatic nitrogens is 1. The molecule has 3 aromatic rings. The maximum atomic E-state index is 12.2. The Morgan fingerprint density at radius 1 is 1.14 bits per heavy atom. The van der Waals surface area contributed by atoms with Gasteiger partial charge in [-0.05, 0) is 38.1 Å². The van der Waals surface area contributed by atoms with E-state index in [2.05, 4.69) is 28.9 Å². The number of aryl methyl sites for hydroxylation is 1. The van der Waals surface area contributed by atoms with Crippen molar-refractivity contribution in [2.24, 2.45) is 5.41 Å². The number of nitrogens with zero attached hydrogens (tertiary/aromatic N) is 1. The Morgan fingerprint density at radius 2 is 1.82 bits per heavy atom. The van der Waals surface area contributed by atoms with Gasteiger partial charge in [-0.15, -0.1) is 23.2 Å². The van der Waals surface area contributed by atoms with Gasteiger partial charge in [-0.2, -0.15) is 0 Å². The molecule has 1 aliphatic rings. The van der Waals surface area contributed by atoms with Crippen molar-refractivity contribution >= 4 is 62.6 Å². The first kappa shape index (κ1) is 19.1. The molecule has 0 bridgehead atoms. The molecule has 7 heteroatoms. The fraction of sp³-hybridized carbons (Fsp3) is 0.333. The van der Waals surface area contributed by atoms with Crippen LogP contribution in [0.1, 0.15) is 20.3 Å². The monoisotopic (exact) mass is 418 g/mol. The van der Waals surface area contributed by atoms with Gasteiger partial charge >= 0.3 is 5.97 Å². The van der Waals surface area contributed by atoms with Gasteiger partial charge in [0.15, 0.2) is 6.61 Å². The lowest BCUT2D eigenvalue weighted by Crippen LogP contribution is -2.26. The van der Waals surface area contributed by atoms with Crippen LogP contribution < -0.4 is 5.32 Å². The van der Waals surface area contributed by atoms with Gasteiger partial charge in [0, 0.05) is 40.5 Å². The first-order chi connectivity index (χ1) is 13.3. The minimum Gasteiger partial charge on any atom is -0.455 e. The first-order valence-electron chi connectivity index (χ1n) is 9.13. The number of benzene rings is 2. The topological polar surface area (TPSA) is 60.3 Å². The molecule has 1 saturated carbocycles. The predicted molar refractivity (Wildman–Crippen MR) is 112 cm³/mol. The number of amides is 1. The van der Waals surface area contributed by atoms with E-state index >= 15 is 0 Å². The summed E-state index contributed by atoms with van der Waals surface area (Å²) < 4.78 is 6.22. The van der Waals surface area contributed by atoms with Gasteiger partial charge in [-0.25, -0.2) is 0 Å². The molecular weight excluding hydrogens is 399 g/mol. The number of carbonyl (C=O) groups is 2. The van der Waals surface area contributed by atoms with Crippen LogP contribution in [-0.2, 0) is 20.9 Å². The number of esters is 1. The van der Waals surface area contributed by atoms with Crippen molar-refractivity contribution in [3.63, 3.8) is 0 Å². The Kier molecular flexibility index (Phi) is 4.55. The third-order valence-corrected chi connectivity index (χ3v) is 6.52. The molecule has 0 aliphatic heterocycles. The minimum absolute atomic E-state index is 0.321. The maximum absolute atomic E-state index is 12.2. The molecule has 0 saturated heterocycles. The molecule has 1 heterocycles. The summed E-state index contributed by atoms with van der Waals surface area (Å²) in [6.45, 7) is 4.21. The summed E-state index contributed by atoms with van der Waals surface area (Å²) in [5.41, 5.74) is 1.96. The Labute approximate surface area is 172 Å². The summed E-state index contributed by atoms with van der Waals surface area (Å²) in [5.74, 6) is -0.972. The number of hydrogen-bond donors (Lipinski definition) is 1. The fourth-order valence-electron chi connectivity index (χ4n) is 3.58. The molecule has 4 rings (SSSR count). The summed E-state index contributed by atoms with van der Waals surface area (Å²) in [4.78, 5) is 24.3. The van der Waals surface area contributed by atoms with E-state index in [1.165, 1.54) is 0 Å². The lowest BCUT2D eigenvalue weighted by Gasteiger charge is -2.12. The molecule has 1 N–H and O–H groups in total. The first-order valence-corrected chi connectivity index (χ1v) is 9.88. The second-order valence-corrected chi connectivity index (χ2v) is 8.81. The van der Waals surface area contributed by atoms with Crippen LogP contribution in [0.3, 0.4) is 0 Å². The van der Waals surface area contributed by atoms with Crippen LogP contribution in [0.25, 0.3) is 21.8 Å². The number of hydrogen-bond acceptors (Lipinski definition) is 3. The lowest BCUT2D eigenvalue weighted by molar-refractivity contribution is -0.152. The largest absolute Gasteiger partial charge is 0.455 e. The number of halogens is 2. The van der Waals surface area contributed by atoms with E-state index in [4.69, 9.17) is 27.9 Å². The number of ether oxygens (including phenoxy) is 1. The molecule has 146 valence electrons. The van der Waals surface area contributed by atoms with Gasteiger partial charge < -0.3 is 14.6 Å². The molecule has 1 fully saturated rings. The smallest absolute Gasteiger partial charge is 0.315 e. The van der Waals surface area contributed by atoms with E-state index < -0.39 is 21.6 Å². The van der Waals surface area contributed by atoms with Gasteiger partial charge in [0.1, 0.15) is 9.75 Å². The molecule has 1 unspecified atom stereocenters. The SMILES string of the molecule is CCn1c2ccccc2c2cc(NC(=O)COC(=O)C3(C)CC3(Cl)Cl)ccc21. The Balaban J connectivity index is 1.50. The van der Waals surface area contributed by atoms with Crippen LogP contribution >= 0.6 is 23.2 Å². The molecule has 1 aromatic heterocycles. The molecule has 1 amide bonds. The molecule has 1 atom stereocenters. The molecule has 0 spiro atoms. The second kappa shape index (κ2) is 6.68. The van der Waals surface area contributed by atoms with E-state index in [1.54, 1.807) is 6.92 Å². The third-order valence-electron chi connectivity index (χ3n) is 5.42. The highest BCUT2D eigenvalue weighted by atomic mass is 35.5. The zero-order valence-electron chi connectivity index (χ0n) is 15.6. The summed E-state index contributed by atoms with van der Waals surface area (Å²) in [6, 6.07) is 13.9. The van der Waals surface area contributed by atoms with E-state index in [1.807, 2.05) is 30.3 Å². The number of alkyl halides is 2.